The first-order chi connectivity index (χ1) is 11.0. The highest BCUT2D eigenvalue weighted by Crippen LogP contribution is 2.52. The van der Waals surface area contributed by atoms with E-state index in [-0.39, 0.29) is 26.6 Å². The molecule has 2 nitrogen and oxygen atoms in total. The molecule has 0 saturated heterocycles. The van der Waals surface area contributed by atoms with Crippen LogP contribution in [0, 0.1) is 0 Å². The van der Waals surface area contributed by atoms with E-state index in [0.717, 1.165) is 0 Å². The molecule has 116 valence electrons. The maximum Gasteiger partial charge on any atom is 0.144 e. The van der Waals surface area contributed by atoms with Crippen molar-refractivity contribution in [2.24, 2.45) is 0 Å². The second-order valence-electron chi connectivity index (χ2n) is 4.92. The van der Waals surface area contributed by atoms with Gasteiger partial charge in [0.15, 0.2) is 0 Å². The Morgan fingerprint density at radius 3 is 1.83 bits per heavy atom. The van der Waals surface area contributed by atoms with E-state index in [9.17, 15) is 10.2 Å². The molecule has 0 aliphatic heterocycles. The van der Waals surface area contributed by atoms with Crippen LogP contribution in [0.2, 0.25) is 15.1 Å². The molecule has 0 aliphatic carbocycles. The summed E-state index contributed by atoms with van der Waals surface area (Å²) in [5.74, 6) is -0.176. The molecular weight excluding hydrogens is 355 g/mol. The van der Waals surface area contributed by atoms with Crippen LogP contribution in [0.3, 0.4) is 0 Å². The molecule has 0 aliphatic rings. The second kappa shape index (κ2) is 6.32. The molecular formula is C18H11Cl3O2. The summed E-state index contributed by atoms with van der Waals surface area (Å²) in [6, 6.07) is 15.7. The van der Waals surface area contributed by atoms with Crippen molar-refractivity contribution in [3.63, 3.8) is 0 Å². The largest absolute Gasteiger partial charge is 0.507 e. The van der Waals surface area contributed by atoms with E-state index in [0.29, 0.717) is 22.3 Å². The fraction of sp³-hybridized carbons (Fsp3) is 0. The van der Waals surface area contributed by atoms with E-state index in [1.165, 1.54) is 6.07 Å². The average Bonchev–Trinajstić information content (AvgIpc) is 2.56. The van der Waals surface area contributed by atoms with Crippen LogP contribution in [0.1, 0.15) is 0 Å². The number of phenolic OH excluding ortho intramolecular Hbond substituents is 2. The smallest absolute Gasteiger partial charge is 0.144 e. The molecule has 3 rings (SSSR count). The van der Waals surface area contributed by atoms with Gasteiger partial charge >= 0.3 is 0 Å². The van der Waals surface area contributed by atoms with Gasteiger partial charge in [-0.1, -0.05) is 83.3 Å². The average molecular weight is 366 g/mol. The zero-order valence-corrected chi connectivity index (χ0v) is 14.0. The van der Waals surface area contributed by atoms with E-state index in [4.69, 9.17) is 34.8 Å². The fourth-order valence-electron chi connectivity index (χ4n) is 2.44. The van der Waals surface area contributed by atoms with Gasteiger partial charge in [0.2, 0.25) is 0 Å². The zero-order valence-electron chi connectivity index (χ0n) is 11.7. The lowest BCUT2D eigenvalue weighted by Crippen LogP contribution is -1.90. The lowest BCUT2D eigenvalue weighted by atomic mass is 9.98. The molecule has 0 radical (unpaired) electrons. The molecule has 0 atom stereocenters. The maximum atomic E-state index is 10.5. The first-order valence-electron chi connectivity index (χ1n) is 6.75. The summed E-state index contributed by atoms with van der Waals surface area (Å²) < 4.78 is 0. The van der Waals surface area contributed by atoms with Crippen molar-refractivity contribution < 1.29 is 10.2 Å². The van der Waals surface area contributed by atoms with Crippen LogP contribution in [-0.2, 0) is 0 Å². The fourth-order valence-corrected chi connectivity index (χ4v) is 3.36. The molecule has 0 fully saturated rings. The third kappa shape index (κ3) is 2.74. The second-order valence-corrected chi connectivity index (χ2v) is 6.06. The molecule has 23 heavy (non-hydrogen) atoms. The number of aromatic hydroxyl groups is 2. The van der Waals surface area contributed by atoms with Crippen LogP contribution >= 0.6 is 34.8 Å². The lowest BCUT2D eigenvalue weighted by Gasteiger charge is -2.16. The van der Waals surface area contributed by atoms with Crippen molar-refractivity contribution in [2.75, 3.05) is 0 Å². The van der Waals surface area contributed by atoms with Crippen molar-refractivity contribution in [1.29, 1.82) is 0 Å². The normalized spacial score (nSPS) is 10.7. The SMILES string of the molecule is Oc1ccccc1-c1c(Cl)c(O)c(-c2ccccc2)c(Cl)c1Cl. The summed E-state index contributed by atoms with van der Waals surface area (Å²) in [6.07, 6.45) is 0. The summed E-state index contributed by atoms with van der Waals surface area (Å²) in [6.45, 7) is 0. The van der Waals surface area contributed by atoms with Crippen molar-refractivity contribution in [3.05, 3.63) is 69.7 Å². The van der Waals surface area contributed by atoms with Crippen molar-refractivity contribution in [1.82, 2.24) is 0 Å². The summed E-state index contributed by atoms with van der Waals surface area (Å²) >= 11 is 19.1. The summed E-state index contributed by atoms with van der Waals surface area (Å²) in [5.41, 5.74) is 1.76. The van der Waals surface area contributed by atoms with Crippen LogP contribution in [-0.4, -0.2) is 10.2 Å². The van der Waals surface area contributed by atoms with Gasteiger partial charge in [-0.05, 0) is 11.6 Å². The Morgan fingerprint density at radius 1 is 0.609 bits per heavy atom. The van der Waals surface area contributed by atoms with E-state index in [2.05, 4.69) is 0 Å². The first-order valence-corrected chi connectivity index (χ1v) is 7.89. The molecule has 5 heteroatoms. The molecule has 0 heterocycles. The Labute approximate surface area is 148 Å². The minimum Gasteiger partial charge on any atom is -0.507 e. The summed E-state index contributed by atoms with van der Waals surface area (Å²) in [4.78, 5) is 0. The number of halogens is 3. The maximum absolute atomic E-state index is 10.5. The Hall–Kier alpha value is -1.87. The minimum atomic E-state index is -0.175. The highest BCUT2D eigenvalue weighted by Gasteiger charge is 2.24. The Morgan fingerprint density at radius 2 is 1.17 bits per heavy atom. The van der Waals surface area contributed by atoms with Gasteiger partial charge in [0.05, 0.1) is 15.1 Å². The van der Waals surface area contributed by atoms with Gasteiger partial charge in [0.25, 0.3) is 0 Å². The monoisotopic (exact) mass is 364 g/mol. The van der Waals surface area contributed by atoms with Crippen molar-refractivity contribution in [2.45, 2.75) is 0 Å². The van der Waals surface area contributed by atoms with E-state index < -0.39 is 0 Å². The Bertz CT molecular complexity index is 848. The van der Waals surface area contributed by atoms with Crippen LogP contribution in [0.5, 0.6) is 11.5 Å². The van der Waals surface area contributed by atoms with Gasteiger partial charge in [-0.2, -0.15) is 0 Å². The lowest BCUT2D eigenvalue weighted by molar-refractivity contribution is 0.475. The predicted octanol–water partition coefficient (Wildman–Crippen LogP) is 6.39. The predicted molar refractivity (Wildman–Crippen MR) is 95.7 cm³/mol. The van der Waals surface area contributed by atoms with E-state index in [1.807, 2.05) is 18.2 Å². The number of hydrogen-bond acceptors (Lipinski definition) is 2. The zero-order chi connectivity index (χ0) is 16.6. The first kappa shape index (κ1) is 16.0. The molecule has 0 unspecified atom stereocenters. The van der Waals surface area contributed by atoms with E-state index >= 15 is 0 Å². The summed E-state index contributed by atoms with van der Waals surface area (Å²) in [5, 5.41) is 21.0. The number of rotatable bonds is 2. The van der Waals surface area contributed by atoms with Gasteiger partial charge in [0.1, 0.15) is 11.5 Å². The molecule has 2 N–H and O–H groups in total. The highest BCUT2D eigenvalue weighted by molar-refractivity contribution is 6.48. The van der Waals surface area contributed by atoms with Gasteiger partial charge in [-0.3, -0.25) is 0 Å². The van der Waals surface area contributed by atoms with Crippen molar-refractivity contribution >= 4 is 34.8 Å². The third-order valence-electron chi connectivity index (χ3n) is 3.53. The minimum absolute atomic E-state index is 0.000715. The standard InChI is InChI=1S/C18H11Cl3O2/c19-15-13(10-6-2-1-3-7-10)18(23)17(21)14(16(15)20)11-8-4-5-9-12(11)22/h1-9,22-23H. The molecule has 0 amide bonds. The van der Waals surface area contributed by atoms with Crippen LogP contribution in [0.4, 0.5) is 0 Å². The topological polar surface area (TPSA) is 40.5 Å². The Kier molecular flexibility index (Phi) is 4.40. The van der Waals surface area contributed by atoms with E-state index in [1.54, 1.807) is 30.3 Å². The summed E-state index contributed by atoms with van der Waals surface area (Å²) in [7, 11) is 0. The highest BCUT2D eigenvalue weighted by atomic mass is 35.5. The van der Waals surface area contributed by atoms with Gasteiger partial charge in [-0.15, -0.1) is 0 Å². The molecule has 0 aromatic heterocycles. The number of hydrogen-bond donors (Lipinski definition) is 2. The molecule has 0 spiro atoms. The van der Waals surface area contributed by atoms with Gasteiger partial charge < -0.3 is 10.2 Å². The van der Waals surface area contributed by atoms with Crippen LogP contribution < -0.4 is 0 Å². The number of para-hydroxylation sites is 1. The number of benzene rings is 3. The third-order valence-corrected chi connectivity index (χ3v) is 4.75. The van der Waals surface area contributed by atoms with Gasteiger partial charge in [-0.25, -0.2) is 0 Å². The molecule has 3 aromatic rings. The van der Waals surface area contributed by atoms with Crippen LogP contribution in [0.15, 0.2) is 54.6 Å². The van der Waals surface area contributed by atoms with Crippen LogP contribution in [0.25, 0.3) is 22.3 Å². The molecule has 0 saturated carbocycles. The Balaban J connectivity index is 2.33. The number of phenols is 2. The van der Waals surface area contributed by atoms with Crippen molar-refractivity contribution in [3.8, 4) is 33.8 Å². The quantitative estimate of drug-likeness (QED) is 0.516. The molecule has 3 aromatic carbocycles. The van der Waals surface area contributed by atoms with Gasteiger partial charge in [0, 0.05) is 16.7 Å². The molecule has 0 bridgehead atoms.